The molecule has 2 aromatic rings. The van der Waals surface area contributed by atoms with Crippen LogP contribution in [0.1, 0.15) is 12.1 Å². The van der Waals surface area contributed by atoms with Gasteiger partial charge in [0.15, 0.2) is 0 Å². The van der Waals surface area contributed by atoms with Crippen LogP contribution in [0.3, 0.4) is 0 Å². The Labute approximate surface area is 108 Å². The van der Waals surface area contributed by atoms with Crippen LogP contribution < -0.4 is 5.32 Å². The number of carbonyl (C=O) groups excluding carboxylic acids is 1. The molecule has 0 atom stereocenters. The summed E-state index contributed by atoms with van der Waals surface area (Å²) in [4.78, 5) is 19.5. The topological polar surface area (TPSA) is 78.7 Å². The third-order valence-electron chi connectivity index (χ3n) is 2.19. The number of nitrogens with one attached hydrogen (secondary N) is 1. The number of aromatic nitrogens is 2. The first-order valence-corrected chi connectivity index (χ1v) is 6.16. The second kappa shape index (κ2) is 5.89. The van der Waals surface area contributed by atoms with Crippen molar-refractivity contribution in [3.8, 4) is 16.6 Å². The maximum absolute atomic E-state index is 11.1. The van der Waals surface area contributed by atoms with E-state index in [1.165, 1.54) is 11.3 Å². The van der Waals surface area contributed by atoms with Crippen molar-refractivity contribution >= 4 is 17.2 Å². The van der Waals surface area contributed by atoms with Gasteiger partial charge in [0.1, 0.15) is 11.4 Å². The van der Waals surface area contributed by atoms with Gasteiger partial charge in [-0.05, 0) is 12.1 Å². The van der Waals surface area contributed by atoms with Gasteiger partial charge < -0.3 is 5.32 Å². The first-order valence-electron chi connectivity index (χ1n) is 5.28. The number of rotatable bonds is 4. The fourth-order valence-electron chi connectivity index (χ4n) is 1.34. The van der Waals surface area contributed by atoms with Crippen molar-refractivity contribution in [3.05, 3.63) is 35.6 Å². The number of thiazole rings is 1. The number of nitriles is 1. The third kappa shape index (κ3) is 3.12. The molecule has 0 bridgehead atoms. The van der Waals surface area contributed by atoms with E-state index in [2.05, 4.69) is 15.3 Å². The van der Waals surface area contributed by atoms with E-state index >= 15 is 0 Å². The molecule has 0 saturated carbocycles. The van der Waals surface area contributed by atoms with E-state index in [1.807, 2.05) is 17.5 Å². The molecule has 2 aromatic heterocycles. The zero-order valence-electron chi connectivity index (χ0n) is 9.46. The Hall–Kier alpha value is -2.26. The average molecular weight is 258 g/mol. The van der Waals surface area contributed by atoms with Gasteiger partial charge in [0.05, 0.1) is 18.3 Å². The number of pyridine rings is 1. The lowest BCUT2D eigenvalue weighted by Gasteiger charge is -1.98. The minimum Gasteiger partial charge on any atom is -0.350 e. The molecule has 6 heteroatoms. The summed E-state index contributed by atoms with van der Waals surface area (Å²) in [5.74, 6) is -0.282. The van der Waals surface area contributed by atoms with Crippen molar-refractivity contribution < 1.29 is 4.79 Å². The van der Waals surface area contributed by atoms with Gasteiger partial charge in [0.2, 0.25) is 5.91 Å². The molecule has 18 heavy (non-hydrogen) atoms. The van der Waals surface area contributed by atoms with Crippen molar-refractivity contribution in [2.24, 2.45) is 0 Å². The number of amides is 1. The SMILES string of the molecule is N#CCC(=O)NCc1csc(-c2ccncc2)n1. The Balaban J connectivity index is 1.99. The van der Waals surface area contributed by atoms with Crippen molar-refractivity contribution in [1.29, 1.82) is 5.26 Å². The molecule has 0 aliphatic heterocycles. The van der Waals surface area contributed by atoms with E-state index in [0.717, 1.165) is 16.3 Å². The Bertz CT molecular complexity index is 573. The molecule has 0 aliphatic rings. The molecule has 0 aromatic carbocycles. The first-order chi connectivity index (χ1) is 8.79. The number of nitrogens with zero attached hydrogens (tertiary/aromatic N) is 3. The highest BCUT2D eigenvalue weighted by atomic mass is 32.1. The molecular formula is C12H10N4OS. The monoisotopic (exact) mass is 258 g/mol. The normalized spacial score (nSPS) is 9.72. The predicted octanol–water partition coefficient (Wildman–Crippen LogP) is 1.73. The van der Waals surface area contributed by atoms with Gasteiger partial charge in [-0.1, -0.05) is 0 Å². The number of hydrogen-bond donors (Lipinski definition) is 1. The fourth-order valence-corrected chi connectivity index (χ4v) is 2.16. The van der Waals surface area contributed by atoms with Crippen LogP contribution in [0.4, 0.5) is 0 Å². The molecule has 0 aliphatic carbocycles. The zero-order chi connectivity index (χ0) is 12.8. The van der Waals surface area contributed by atoms with Crippen molar-refractivity contribution in [2.45, 2.75) is 13.0 Å². The van der Waals surface area contributed by atoms with Crippen LogP contribution in [0.15, 0.2) is 29.9 Å². The van der Waals surface area contributed by atoms with Crippen molar-refractivity contribution in [1.82, 2.24) is 15.3 Å². The summed E-state index contributed by atoms with van der Waals surface area (Å²) >= 11 is 1.51. The summed E-state index contributed by atoms with van der Waals surface area (Å²) in [5, 5.41) is 13.8. The van der Waals surface area contributed by atoms with E-state index in [9.17, 15) is 4.79 Å². The minimum atomic E-state index is -0.282. The fraction of sp³-hybridized carbons (Fsp3) is 0.167. The smallest absolute Gasteiger partial charge is 0.234 e. The number of hydrogen-bond acceptors (Lipinski definition) is 5. The second-order valence-electron chi connectivity index (χ2n) is 3.49. The Morgan fingerprint density at radius 2 is 2.22 bits per heavy atom. The molecule has 2 rings (SSSR count). The Morgan fingerprint density at radius 1 is 1.44 bits per heavy atom. The van der Waals surface area contributed by atoms with Crippen LogP contribution >= 0.6 is 11.3 Å². The molecule has 1 N–H and O–H groups in total. The van der Waals surface area contributed by atoms with E-state index < -0.39 is 0 Å². The van der Waals surface area contributed by atoms with Crippen LogP contribution in [-0.2, 0) is 11.3 Å². The van der Waals surface area contributed by atoms with Gasteiger partial charge in [-0.3, -0.25) is 9.78 Å². The molecule has 1 amide bonds. The predicted molar refractivity (Wildman–Crippen MR) is 67.4 cm³/mol. The first kappa shape index (κ1) is 12.2. The summed E-state index contributed by atoms with van der Waals surface area (Å²) in [6.45, 7) is 0.349. The van der Waals surface area contributed by atoms with E-state index in [4.69, 9.17) is 5.26 Å². The van der Waals surface area contributed by atoms with Crippen LogP contribution in [0.25, 0.3) is 10.6 Å². The summed E-state index contributed by atoms with van der Waals surface area (Å²) in [7, 11) is 0. The Kier molecular flexibility index (Phi) is 3.99. The van der Waals surface area contributed by atoms with Crippen molar-refractivity contribution in [3.63, 3.8) is 0 Å². The molecule has 2 heterocycles. The van der Waals surface area contributed by atoms with Crippen molar-refractivity contribution in [2.75, 3.05) is 0 Å². The molecular weight excluding hydrogens is 248 g/mol. The highest BCUT2D eigenvalue weighted by molar-refractivity contribution is 7.13. The van der Waals surface area contributed by atoms with Gasteiger partial charge in [-0.2, -0.15) is 5.26 Å². The summed E-state index contributed by atoms with van der Waals surface area (Å²) in [5.41, 5.74) is 1.79. The molecule has 0 spiro atoms. The molecule has 0 radical (unpaired) electrons. The van der Waals surface area contributed by atoms with Crippen LogP contribution in [0.5, 0.6) is 0 Å². The van der Waals surface area contributed by atoms with Crippen LogP contribution in [0.2, 0.25) is 0 Å². The Morgan fingerprint density at radius 3 is 2.94 bits per heavy atom. The third-order valence-corrected chi connectivity index (χ3v) is 3.13. The van der Waals surface area contributed by atoms with E-state index in [0.29, 0.717) is 6.54 Å². The lowest BCUT2D eigenvalue weighted by molar-refractivity contribution is -0.120. The lowest BCUT2D eigenvalue weighted by Crippen LogP contribution is -2.21. The zero-order valence-corrected chi connectivity index (χ0v) is 10.3. The molecule has 0 fully saturated rings. The standard InChI is InChI=1S/C12H10N4OS/c13-4-1-11(17)15-7-10-8-18-12(16-10)9-2-5-14-6-3-9/h2-3,5-6,8H,1,7H2,(H,15,17). The summed E-state index contributed by atoms with van der Waals surface area (Å²) < 4.78 is 0. The van der Waals surface area contributed by atoms with Gasteiger partial charge >= 0.3 is 0 Å². The van der Waals surface area contributed by atoms with E-state index in [-0.39, 0.29) is 12.3 Å². The second-order valence-corrected chi connectivity index (χ2v) is 4.35. The lowest BCUT2D eigenvalue weighted by atomic mass is 10.3. The van der Waals surface area contributed by atoms with Crippen LogP contribution in [0, 0.1) is 11.3 Å². The maximum Gasteiger partial charge on any atom is 0.234 e. The van der Waals surface area contributed by atoms with E-state index in [1.54, 1.807) is 18.5 Å². The maximum atomic E-state index is 11.1. The van der Waals surface area contributed by atoms with Crippen LogP contribution in [-0.4, -0.2) is 15.9 Å². The molecule has 0 saturated heterocycles. The average Bonchev–Trinajstić information content (AvgIpc) is 2.87. The number of carbonyl (C=O) groups is 1. The molecule has 0 unspecified atom stereocenters. The molecule has 90 valence electrons. The summed E-state index contributed by atoms with van der Waals surface area (Å²) in [6, 6.07) is 5.57. The largest absolute Gasteiger partial charge is 0.350 e. The van der Waals surface area contributed by atoms with Gasteiger partial charge in [-0.15, -0.1) is 11.3 Å². The highest BCUT2D eigenvalue weighted by Crippen LogP contribution is 2.22. The minimum absolute atomic E-state index is 0.124. The van der Waals surface area contributed by atoms with Gasteiger partial charge in [0, 0.05) is 23.3 Å². The quantitative estimate of drug-likeness (QED) is 0.905. The highest BCUT2D eigenvalue weighted by Gasteiger charge is 2.05. The summed E-state index contributed by atoms with van der Waals surface area (Å²) in [6.07, 6.45) is 3.30. The van der Waals surface area contributed by atoms with Gasteiger partial charge in [-0.25, -0.2) is 4.98 Å². The molecule has 5 nitrogen and oxygen atoms in total. The van der Waals surface area contributed by atoms with Gasteiger partial charge in [0.25, 0.3) is 0 Å².